The SMILES string of the molecule is Cc1cc(C)c(S(N)(=O)=O)cc1C(=O)N(C)C1CCOC1. The van der Waals surface area contributed by atoms with Gasteiger partial charge in [0.25, 0.3) is 5.91 Å². The van der Waals surface area contributed by atoms with E-state index in [1.165, 1.54) is 6.07 Å². The lowest BCUT2D eigenvalue weighted by Gasteiger charge is -2.24. The molecule has 1 amide bonds. The maximum absolute atomic E-state index is 12.6. The molecule has 1 aliphatic rings. The van der Waals surface area contributed by atoms with Crippen molar-refractivity contribution < 1.29 is 17.9 Å². The van der Waals surface area contributed by atoms with Gasteiger partial charge in [-0.05, 0) is 37.5 Å². The molecule has 1 unspecified atom stereocenters. The Hall–Kier alpha value is -1.44. The summed E-state index contributed by atoms with van der Waals surface area (Å²) < 4.78 is 28.5. The molecular weight excluding hydrogens is 292 g/mol. The number of carbonyl (C=O) groups is 1. The number of carbonyl (C=O) groups excluding carboxylic acids is 1. The van der Waals surface area contributed by atoms with E-state index in [-0.39, 0.29) is 16.8 Å². The minimum Gasteiger partial charge on any atom is -0.379 e. The number of hydrogen-bond acceptors (Lipinski definition) is 4. The van der Waals surface area contributed by atoms with E-state index >= 15 is 0 Å². The zero-order chi connectivity index (χ0) is 15.8. The Morgan fingerprint density at radius 2 is 2.00 bits per heavy atom. The molecule has 2 N–H and O–H groups in total. The lowest BCUT2D eigenvalue weighted by atomic mass is 10.0. The third-order valence-corrected chi connectivity index (χ3v) is 4.89. The smallest absolute Gasteiger partial charge is 0.254 e. The van der Waals surface area contributed by atoms with Crippen LogP contribution < -0.4 is 5.14 Å². The normalized spacial score (nSPS) is 18.8. The van der Waals surface area contributed by atoms with E-state index in [0.29, 0.717) is 24.3 Å². The number of benzene rings is 1. The minimum atomic E-state index is -3.85. The van der Waals surface area contributed by atoms with E-state index in [9.17, 15) is 13.2 Å². The van der Waals surface area contributed by atoms with Gasteiger partial charge in [0.15, 0.2) is 0 Å². The van der Waals surface area contributed by atoms with Crippen molar-refractivity contribution in [3.05, 3.63) is 28.8 Å². The van der Waals surface area contributed by atoms with Gasteiger partial charge in [0.2, 0.25) is 10.0 Å². The molecule has 0 spiro atoms. The Morgan fingerprint density at radius 1 is 1.33 bits per heavy atom. The number of likely N-dealkylation sites (N-methyl/N-ethyl adjacent to an activating group) is 1. The number of sulfonamides is 1. The molecule has 2 rings (SSSR count). The van der Waals surface area contributed by atoms with Gasteiger partial charge in [-0.15, -0.1) is 0 Å². The Morgan fingerprint density at radius 3 is 2.52 bits per heavy atom. The Labute approximate surface area is 124 Å². The molecule has 1 aromatic carbocycles. The fourth-order valence-electron chi connectivity index (χ4n) is 2.55. The zero-order valence-corrected chi connectivity index (χ0v) is 13.2. The fraction of sp³-hybridized carbons (Fsp3) is 0.500. The van der Waals surface area contributed by atoms with Gasteiger partial charge in [-0.25, -0.2) is 13.6 Å². The van der Waals surface area contributed by atoms with Crippen molar-refractivity contribution in [2.24, 2.45) is 5.14 Å². The molecular formula is C14H20N2O4S. The largest absolute Gasteiger partial charge is 0.379 e. The first-order chi connectivity index (χ1) is 9.71. The van der Waals surface area contributed by atoms with E-state index in [2.05, 4.69) is 0 Å². The van der Waals surface area contributed by atoms with Crippen LogP contribution in [0.4, 0.5) is 0 Å². The summed E-state index contributed by atoms with van der Waals surface area (Å²) >= 11 is 0. The van der Waals surface area contributed by atoms with Crippen molar-refractivity contribution in [1.29, 1.82) is 0 Å². The summed E-state index contributed by atoms with van der Waals surface area (Å²) in [5.74, 6) is -0.215. The maximum atomic E-state index is 12.6. The zero-order valence-electron chi connectivity index (χ0n) is 12.4. The minimum absolute atomic E-state index is 0.00692. The average molecular weight is 312 g/mol. The maximum Gasteiger partial charge on any atom is 0.254 e. The van der Waals surface area contributed by atoms with Crippen LogP contribution in [0.5, 0.6) is 0 Å². The molecule has 21 heavy (non-hydrogen) atoms. The topological polar surface area (TPSA) is 89.7 Å². The summed E-state index contributed by atoms with van der Waals surface area (Å²) in [6.07, 6.45) is 0.787. The number of rotatable bonds is 3. The molecule has 1 aliphatic heterocycles. The Balaban J connectivity index is 2.41. The first-order valence-electron chi connectivity index (χ1n) is 6.70. The third kappa shape index (κ3) is 3.25. The van der Waals surface area contributed by atoms with Crippen LogP contribution in [0, 0.1) is 13.8 Å². The fourth-order valence-corrected chi connectivity index (χ4v) is 3.34. The highest BCUT2D eigenvalue weighted by Gasteiger charge is 2.27. The van der Waals surface area contributed by atoms with Gasteiger partial charge in [-0.2, -0.15) is 0 Å². The standard InChI is InChI=1S/C14H20N2O4S/c1-9-6-10(2)13(21(15,18)19)7-12(9)14(17)16(3)11-4-5-20-8-11/h6-7,11H,4-5,8H2,1-3H3,(H2,15,18,19). The molecule has 0 radical (unpaired) electrons. The molecule has 6 nitrogen and oxygen atoms in total. The van der Waals surface area contributed by atoms with E-state index in [4.69, 9.17) is 9.88 Å². The van der Waals surface area contributed by atoms with Crippen LogP contribution in [0.1, 0.15) is 27.9 Å². The lowest BCUT2D eigenvalue weighted by molar-refractivity contribution is 0.0710. The highest BCUT2D eigenvalue weighted by Crippen LogP contribution is 2.22. The van der Waals surface area contributed by atoms with Crippen LogP contribution in [0.2, 0.25) is 0 Å². The molecule has 0 saturated carbocycles. The van der Waals surface area contributed by atoms with Crippen molar-refractivity contribution >= 4 is 15.9 Å². The van der Waals surface area contributed by atoms with Crippen molar-refractivity contribution in [1.82, 2.24) is 4.90 Å². The second-order valence-electron chi connectivity index (χ2n) is 5.41. The monoisotopic (exact) mass is 312 g/mol. The van der Waals surface area contributed by atoms with Gasteiger partial charge in [0.1, 0.15) is 0 Å². The lowest BCUT2D eigenvalue weighted by Crippen LogP contribution is -2.37. The number of ether oxygens (including phenoxy) is 1. The van der Waals surface area contributed by atoms with Gasteiger partial charge in [0.05, 0.1) is 17.5 Å². The molecule has 1 fully saturated rings. The Kier molecular flexibility index (Phi) is 4.36. The second kappa shape index (κ2) is 5.75. The Bertz CT molecular complexity index is 664. The summed E-state index contributed by atoms with van der Waals surface area (Å²) in [7, 11) is -2.14. The molecule has 1 atom stereocenters. The number of amides is 1. The van der Waals surface area contributed by atoms with E-state index in [1.807, 2.05) is 0 Å². The number of primary sulfonamides is 1. The van der Waals surface area contributed by atoms with Gasteiger partial charge in [0, 0.05) is 19.2 Å². The number of nitrogens with zero attached hydrogens (tertiary/aromatic N) is 1. The number of aryl methyl sites for hydroxylation is 2. The summed E-state index contributed by atoms with van der Waals surface area (Å²) in [6.45, 7) is 4.59. The highest BCUT2D eigenvalue weighted by atomic mass is 32.2. The van der Waals surface area contributed by atoms with Crippen LogP contribution in [0.25, 0.3) is 0 Å². The quantitative estimate of drug-likeness (QED) is 0.894. The summed E-state index contributed by atoms with van der Waals surface area (Å²) in [6, 6.07) is 3.07. The molecule has 1 heterocycles. The predicted molar refractivity (Wildman–Crippen MR) is 78.6 cm³/mol. The molecule has 0 aromatic heterocycles. The van der Waals surface area contributed by atoms with E-state index in [0.717, 1.165) is 12.0 Å². The van der Waals surface area contributed by atoms with Gasteiger partial charge in [-0.3, -0.25) is 4.79 Å². The molecule has 0 bridgehead atoms. The van der Waals surface area contributed by atoms with Crippen molar-refractivity contribution in [3.63, 3.8) is 0 Å². The first-order valence-corrected chi connectivity index (χ1v) is 8.25. The van der Waals surface area contributed by atoms with Crippen molar-refractivity contribution in [3.8, 4) is 0 Å². The molecule has 0 aliphatic carbocycles. The van der Waals surface area contributed by atoms with Crippen LogP contribution >= 0.6 is 0 Å². The number of hydrogen-bond donors (Lipinski definition) is 1. The first kappa shape index (κ1) is 15.9. The van der Waals surface area contributed by atoms with Crippen molar-refractivity contribution in [2.75, 3.05) is 20.3 Å². The van der Waals surface area contributed by atoms with Gasteiger partial charge in [-0.1, -0.05) is 6.07 Å². The third-order valence-electron chi connectivity index (χ3n) is 3.83. The average Bonchev–Trinajstić information content (AvgIpc) is 2.89. The predicted octanol–water partition coefficient (Wildman–Crippen LogP) is 0.812. The molecule has 1 saturated heterocycles. The van der Waals surface area contributed by atoms with E-state index < -0.39 is 10.0 Å². The van der Waals surface area contributed by atoms with Crippen molar-refractivity contribution in [2.45, 2.75) is 31.2 Å². The molecule has 7 heteroatoms. The summed E-state index contributed by atoms with van der Waals surface area (Å²) in [5, 5.41) is 5.20. The van der Waals surface area contributed by atoms with Crippen LogP contribution in [-0.2, 0) is 14.8 Å². The summed E-state index contributed by atoms with van der Waals surface area (Å²) in [4.78, 5) is 14.2. The van der Waals surface area contributed by atoms with Crippen LogP contribution in [0.3, 0.4) is 0 Å². The molecule has 1 aromatic rings. The van der Waals surface area contributed by atoms with Gasteiger partial charge >= 0.3 is 0 Å². The number of nitrogens with two attached hydrogens (primary N) is 1. The highest BCUT2D eigenvalue weighted by molar-refractivity contribution is 7.89. The second-order valence-corrected chi connectivity index (χ2v) is 6.94. The summed E-state index contributed by atoms with van der Waals surface area (Å²) in [5.41, 5.74) is 1.63. The van der Waals surface area contributed by atoms with Crippen LogP contribution in [0.15, 0.2) is 17.0 Å². The van der Waals surface area contributed by atoms with Gasteiger partial charge < -0.3 is 9.64 Å². The van der Waals surface area contributed by atoms with E-state index in [1.54, 1.807) is 31.9 Å². The van der Waals surface area contributed by atoms with Crippen LogP contribution in [-0.4, -0.2) is 45.5 Å². The molecule has 116 valence electrons.